The molecule has 17 heavy (non-hydrogen) atoms. The van der Waals surface area contributed by atoms with Crippen LogP contribution in [0.4, 0.5) is 0 Å². The van der Waals surface area contributed by atoms with Crippen LogP contribution in [0.1, 0.15) is 32.6 Å². The number of ketones is 1. The highest BCUT2D eigenvalue weighted by Crippen LogP contribution is 2.21. The van der Waals surface area contributed by atoms with Crippen LogP contribution in [0.5, 0.6) is 0 Å². The van der Waals surface area contributed by atoms with Crippen LogP contribution < -0.4 is 0 Å². The Labute approximate surface area is 102 Å². The van der Waals surface area contributed by atoms with E-state index in [1.807, 2.05) is 11.8 Å². The fourth-order valence-corrected chi connectivity index (χ4v) is 2.66. The van der Waals surface area contributed by atoms with Crippen LogP contribution in [0.3, 0.4) is 0 Å². The van der Waals surface area contributed by atoms with Gasteiger partial charge in [-0.3, -0.25) is 9.59 Å². The van der Waals surface area contributed by atoms with Crippen LogP contribution in [0.15, 0.2) is 0 Å². The number of carbonyl (C=O) groups is 2. The fourth-order valence-electron chi connectivity index (χ4n) is 2.66. The molecule has 0 N–H and O–H groups in total. The highest BCUT2D eigenvalue weighted by atomic mass is 16.5. The molecule has 0 bridgehead atoms. The molecule has 0 aromatic carbocycles. The maximum atomic E-state index is 12.3. The minimum Gasteiger partial charge on any atom is -0.381 e. The van der Waals surface area contributed by atoms with Crippen molar-refractivity contribution in [1.82, 2.24) is 4.90 Å². The number of piperidine rings is 1. The van der Waals surface area contributed by atoms with Gasteiger partial charge in [0.2, 0.25) is 5.91 Å². The number of Topliss-reactive ketones (excluding diaryl/α,β-unsaturated/α-hetero) is 1. The Hall–Kier alpha value is -0.900. The van der Waals surface area contributed by atoms with Crippen molar-refractivity contribution in [1.29, 1.82) is 0 Å². The Morgan fingerprint density at radius 2 is 2.35 bits per heavy atom. The Balaban J connectivity index is 1.92. The Kier molecular flexibility index (Phi) is 4.15. The summed E-state index contributed by atoms with van der Waals surface area (Å²) < 4.78 is 5.35. The number of nitrogens with zero attached hydrogens (tertiary/aromatic N) is 1. The van der Waals surface area contributed by atoms with Crippen molar-refractivity contribution in [2.24, 2.45) is 11.8 Å². The van der Waals surface area contributed by atoms with Gasteiger partial charge in [0, 0.05) is 32.0 Å². The lowest BCUT2D eigenvalue weighted by Gasteiger charge is -2.34. The van der Waals surface area contributed by atoms with Crippen LogP contribution in [-0.4, -0.2) is 42.9 Å². The van der Waals surface area contributed by atoms with Crippen LogP contribution in [-0.2, 0) is 14.3 Å². The molecule has 2 saturated heterocycles. The average Bonchev–Trinajstić information content (AvgIpc) is 2.39. The third kappa shape index (κ3) is 2.86. The normalized spacial score (nSPS) is 30.4. The molecular formula is C13H21NO3. The van der Waals surface area contributed by atoms with Gasteiger partial charge in [-0.2, -0.15) is 0 Å². The quantitative estimate of drug-likeness (QED) is 0.728. The molecule has 0 radical (unpaired) electrons. The van der Waals surface area contributed by atoms with Gasteiger partial charge in [-0.05, 0) is 19.3 Å². The van der Waals surface area contributed by atoms with E-state index < -0.39 is 0 Å². The summed E-state index contributed by atoms with van der Waals surface area (Å²) in [5.74, 6) is 0.582. The van der Waals surface area contributed by atoms with Gasteiger partial charge in [-0.25, -0.2) is 0 Å². The summed E-state index contributed by atoms with van der Waals surface area (Å²) in [4.78, 5) is 25.7. The minimum absolute atomic E-state index is 0.0226. The summed E-state index contributed by atoms with van der Waals surface area (Å²) in [6, 6.07) is 0. The molecule has 0 aromatic rings. The average molecular weight is 239 g/mol. The van der Waals surface area contributed by atoms with E-state index >= 15 is 0 Å². The van der Waals surface area contributed by atoms with Gasteiger partial charge in [0.1, 0.15) is 5.78 Å². The zero-order valence-corrected chi connectivity index (χ0v) is 10.5. The topological polar surface area (TPSA) is 46.6 Å². The van der Waals surface area contributed by atoms with E-state index in [0.717, 1.165) is 25.9 Å². The molecule has 96 valence electrons. The van der Waals surface area contributed by atoms with Crippen molar-refractivity contribution in [2.45, 2.75) is 32.6 Å². The van der Waals surface area contributed by atoms with E-state index in [1.54, 1.807) is 0 Å². The fraction of sp³-hybridized carbons (Fsp3) is 0.846. The molecule has 2 rings (SSSR count). The SMILES string of the molecule is CCC1CN(C(=O)C2CCCOC2)CCC1=O. The minimum atomic E-state index is 0.0226. The molecule has 2 aliphatic rings. The predicted molar refractivity (Wildman–Crippen MR) is 63.5 cm³/mol. The Morgan fingerprint density at radius 3 is 3.00 bits per heavy atom. The van der Waals surface area contributed by atoms with Gasteiger partial charge in [0.25, 0.3) is 0 Å². The summed E-state index contributed by atoms with van der Waals surface area (Å²) in [5.41, 5.74) is 0. The monoisotopic (exact) mass is 239 g/mol. The summed E-state index contributed by atoms with van der Waals surface area (Å²) in [6.45, 7) is 4.56. The maximum Gasteiger partial charge on any atom is 0.228 e. The van der Waals surface area contributed by atoms with Gasteiger partial charge in [0.15, 0.2) is 0 Å². The van der Waals surface area contributed by atoms with Crippen molar-refractivity contribution < 1.29 is 14.3 Å². The maximum absolute atomic E-state index is 12.3. The molecular weight excluding hydrogens is 218 g/mol. The summed E-state index contributed by atoms with van der Waals surface area (Å²) in [5, 5.41) is 0. The molecule has 2 aliphatic heterocycles. The number of rotatable bonds is 2. The Morgan fingerprint density at radius 1 is 1.53 bits per heavy atom. The Bertz CT molecular complexity index is 297. The van der Waals surface area contributed by atoms with Gasteiger partial charge >= 0.3 is 0 Å². The van der Waals surface area contributed by atoms with Gasteiger partial charge in [-0.15, -0.1) is 0 Å². The van der Waals surface area contributed by atoms with E-state index in [2.05, 4.69) is 0 Å². The molecule has 2 unspecified atom stereocenters. The second-order valence-corrected chi connectivity index (χ2v) is 5.02. The molecule has 0 aliphatic carbocycles. The summed E-state index contributed by atoms with van der Waals surface area (Å²) in [7, 11) is 0. The van der Waals surface area contributed by atoms with Gasteiger partial charge < -0.3 is 9.64 Å². The lowest BCUT2D eigenvalue weighted by Crippen LogP contribution is -2.47. The number of ether oxygens (including phenoxy) is 1. The summed E-state index contributed by atoms with van der Waals surface area (Å²) in [6.07, 6.45) is 3.27. The van der Waals surface area contributed by atoms with Crippen molar-refractivity contribution in [2.75, 3.05) is 26.3 Å². The van der Waals surface area contributed by atoms with Gasteiger partial charge in [0.05, 0.1) is 12.5 Å². The molecule has 2 heterocycles. The van der Waals surface area contributed by atoms with E-state index in [4.69, 9.17) is 4.74 Å². The molecule has 0 saturated carbocycles. The molecule has 0 aromatic heterocycles. The lowest BCUT2D eigenvalue weighted by atomic mass is 9.92. The smallest absolute Gasteiger partial charge is 0.228 e. The van der Waals surface area contributed by atoms with Gasteiger partial charge in [-0.1, -0.05) is 6.92 Å². The highest BCUT2D eigenvalue weighted by molar-refractivity contribution is 5.86. The van der Waals surface area contributed by atoms with E-state index in [9.17, 15) is 9.59 Å². The number of hydrogen-bond acceptors (Lipinski definition) is 3. The predicted octanol–water partition coefficient (Wildman–Crippen LogP) is 1.24. The third-order valence-corrected chi connectivity index (χ3v) is 3.84. The number of amides is 1. The van der Waals surface area contributed by atoms with E-state index in [-0.39, 0.29) is 17.7 Å². The molecule has 4 nitrogen and oxygen atoms in total. The third-order valence-electron chi connectivity index (χ3n) is 3.84. The van der Waals surface area contributed by atoms with Crippen molar-refractivity contribution in [3.8, 4) is 0 Å². The summed E-state index contributed by atoms with van der Waals surface area (Å²) >= 11 is 0. The largest absolute Gasteiger partial charge is 0.381 e. The standard InChI is InChI=1S/C13H21NO3/c1-2-10-8-14(6-5-12(10)15)13(16)11-4-3-7-17-9-11/h10-11H,2-9H2,1H3. The van der Waals surface area contributed by atoms with Crippen LogP contribution in [0.25, 0.3) is 0 Å². The first-order valence-electron chi connectivity index (χ1n) is 6.61. The number of carbonyl (C=O) groups excluding carboxylic acids is 2. The van der Waals surface area contributed by atoms with Crippen molar-refractivity contribution in [3.05, 3.63) is 0 Å². The molecule has 2 atom stereocenters. The van der Waals surface area contributed by atoms with Crippen LogP contribution in [0.2, 0.25) is 0 Å². The molecule has 1 amide bonds. The van der Waals surface area contributed by atoms with Crippen molar-refractivity contribution >= 4 is 11.7 Å². The highest BCUT2D eigenvalue weighted by Gasteiger charge is 2.32. The zero-order valence-electron chi connectivity index (χ0n) is 10.5. The second-order valence-electron chi connectivity index (χ2n) is 5.02. The van der Waals surface area contributed by atoms with Crippen molar-refractivity contribution in [3.63, 3.8) is 0 Å². The second kappa shape index (κ2) is 5.63. The van der Waals surface area contributed by atoms with Crippen LogP contribution in [0, 0.1) is 11.8 Å². The van der Waals surface area contributed by atoms with E-state index in [0.29, 0.717) is 31.9 Å². The van der Waals surface area contributed by atoms with Crippen LogP contribution >= 0.6 is 0 Å². The zero-order chi connectivity index (χ0) is 12.3. The number of hydrogen-bond donors (Lipinski definition) is 0. The molecule has 2 fully saturated rings. The molecule has 0 spiro atoms. The first-order chi connectivity index (χ1) is 8.22. The first-order valence-corrected chi connectivity index (χ1v) is 6.61. The first kappa shape index (κ1) is 12.6. The van der Waals surface area contributed by atoms with E-state index in [1.165, 1.54) is 0 Å². The molecule has 4 heteroatoms. The number of likely N-dealkylation sites (tertiary alicyclic amines) is 1. The lowest BCUT2D eigenvalue weighted by molar-refractivity contribution is -0.144.